The molecule has 3 rings (SSSR count). The first-order chi connectivity index (χ1) is 11.2. The van der Waals surface area contributed by atoms with E-state index in [9.17, 15) is 8.42 Å². The third-order valence-corrected chi connectivity index (χ3v) is 5.33. The van der Waals surface area contributed by atoms with Crippen LogP contribution in [0, 0.1) is 0 Å². The minimum Gasteiger partial charge on any atom is -0.227 e. The first-order valence-electron chi connectivity index (χ1n) is 7.26. The van der Waals surface area contributed by atoms with Gasteiger partial charge in [0.05, 0.1) is 4.90 Å². The van der Waals surface area contributed by atoms with E-state index < -0.39 is 10.7 Å². The van der Waals surface area contributed by atoms with E-state index in [2.05, 4.69) is 24.3 Å². The van der Waals surface area contributed by atoms with Crippen LogP contribution in [0.4, 0.5) is 0 Å². The number of hydrogen-bond donors (Lipinski definition) is 1. The number of thiol groups is 1. The van der Waals surface area contributed by atoms with Crippen LogP contribution in [0.25, 0.3) is 0 Å². The molecule has 0 aliphatic rings. The van der Waals surface area contributed by atoms with Crippen molar-refractivity contribution in [2.24, 2.45) is 0 Å². The summed E-state index contributed by atoms with van der Waals surface area (Å²) in [6, 6.07) is 25.7. The Morgan fingerprint density at radius 2 is 1.39 bits per heavy atom. The predicted octanol–water partition coefficient (Wildman–Crippen LogP) is 4.40. The molecule has 0 atom stereocenters. The highest BCUT2D eigenvalue weighted by atomic mass is 32.2. The van der Waals surface area contributed by atoms with E-state index in [0.29, 0.717) is 4.90 Å². The summed E-state index contributed by atoms with van der Waals surface area (Å²) < 4.78 is 21.9. The summed E-state index contributed by atoms with van der Waals surface area (Å²) in [5.41, 5.74) is 2.54. The van der Waals surface area contributed by atoms with Crippen LogP contribution in [0.5, 0.6) is 0 Å². The molecule has 0 amide bonds. The van der Waals surface area contributed by atoms with Gasteiger partial charge in [-0.05, 0) is 47.9 Å². The summed E-state index contributed by atoms with van der Waals surface area (Å²) in [6.45, 7) is 0. The highest BCUT2D eigenvalue weighted by Crippen LogP contribution is 2.31. The third kappa shape index (κ3) is 4.24. The molecule has 3 aromatic rings. The molecule has 4 heteroatoms. The second-order valence-electron chi connectivity index (χ2n) is 5.12. The molecule has 0 aliphatic heterocycles. The Morgan fingerprint density at radius 1 is 0.739 bits per heavy atom. The zero-order valence-electron chi connectivity index (χ0n) is 12.4. The van der Waals surface area contributed by atoms with Crippen molar-refractivity contribution in [3.63, 3.8) is 0 Å². The normalized spacial score (nSPS) is 10.8. The zero-order valence-corrected chi connectivity index (χ0v) is 14.1. The van der Waals surface area contributed by atoms with Crippen molar-refractivity contribution in [3.05, 3.63) is 90.0 Å². The van der Waals surface area contributed by atoms with Crippen LogP contribution in [-0.4, -0.2) is 8.42 Å². The summed E-state index contributed by atoms with van der Waals surface area (Å²) in [5, 5.41) is 0. The molecule has 23 heavy (non-hydrogen) atoms. The first-order valence-corrected chi connectivity index (χ1v) is 9.26. The van der Waals surface area contributed by atoms with Crippen molar-refractivity contribution < 1.29 is 8.42 Å². The second-order valence-corrected chi connectivity index (χ2v) is 7.27. The molecule has 0 aromatic heterocycles. The van der Waals surface area contributed by atoms with Gasteiger partial charge in [0.1, 0.15) is 0 Å². The van der Waals surface area contributed by atoms with E-state index in [-0.39, 0.29) is 0 Å². The van der Waals surface area contributed by atoms with E-state index in [0.717, 1.165) is 11.3 Å². The molecule has 2 nitrogen and oxygen atoms in total. The van der Waals surface area contributed by atoms with Crippen molar-refractivity contribution in [2.75, 3.05) is 0 Å². The maximum atomic E-state index is 11.0. The molecule has 116 valence electrons. The molecule has 0 bridgehead atoms. The number of rotatable bonds is 5. The average Bonchev–Trinajstić information content (AvgIpc) is 2.58. The Balaban J connectivity index is 1.83. The summed E-state index contributed by atoms with van der Waals surface area (Å²) in [7, 11) is -2.52. The van der Waals surface area contributed by atoms with E-state index in [1.54, 1.807) is 23.9 Å². The van der Waals surface area contributed by atoms with Gasteiger partial charge >= 0.3 is 0 Å². The molecule has 3 aromatic carbocycles. The molecule has 0 aliphatic carbocycles. The Labute approximate surface area is 142 Å². The quantitative estimate of drug-likeness (QED) is 0.699. The van der Waals surface area contributed by atoms with Crippen LogP contribution >= 0.6 is 11.8 Å². The molecule has 0 fully saturated rings. The van der Waals surface area contributed by atoms with E-state index in [1.807, 2.05) is 42.5 Å². The van der Waals surface area contributed by atoms with Gasteiger partial charge in [-0.3, -0.25) is 0 Å². The van der Waals surface area contributed by atoms with Gasteiger partial charge < -0.3 is 0 Å². The van der Waals surface area contributed by atoms with Crippen LogP contribution in [0.2, 0.25) is 0 Å². The lowest BCUT2D eigenvalue weighted by Gasteiger charge is -2.09. The fourth-order valence-electron chi connectivity index (χ4n) is 2.33. The van der Waals surface area contributed by atoms with Crippen LogP contribution in [0.3, 0.4) is 0 Å². The standard InChI is InChI=1S/C19H16O2S2/c20-23(21)18-12-10-17(11-13-18)22-19-9-5-4-8-16(19)14-15-6-2-1-3-7-15/h1-13,23H,14H2. The molecular weight excluding hydrogens is 324 g/mol. The zero-order chi connectivity index (χ0) is 16.1. The van der Waals surface area contributed by atoms with Gasteiger partial charge in [0, 0.05) is 9.79 Å². The van der Waals surface area contributed by atoms with Gasteiger partial charge in [-0.1, -0.05) is 60.3 Å². The molecule has 0 heterocycles. The molecule has 0 unspecified atom stereocenters. The van der Waals surface area contributed by atoms with Gasteiger partial charge in [0.15, 0.2) is 10.7 Å². The Morgan fingerprint density at radius 3 is 2.09 bits per heavy atom. The molecule has 0 spiro atoms. The summed E-state index contributed by atoms with van der Waals surface area (Å²) in [4.78, 5) is 2.57. The van der Waals surface area contributed by atoms with E-state index in [1.165, 1.54) is 16.0 Å². The Hall–Kier alpha value is -2.04. The molecule has 0 saturated carbocycles. The van der Waals surface area contributed by atoms with Crippen molar-refractivity contribution >= 4 is 22.5 Å². The molecule has 0 saturated heterocycles. The van der Waals surface area contributed by atoms with Gasteiger partial charge in [0.25, 0.3) is 0 Å². The minimum atomic E-state index is -2.52. The fraction of sp³-hybridized carbons (Fsp3) is 0.0526. The number of hydrogen-bond acceptors (Lipinski definition) is 3. The first kappa shape index (κ1) is 15.8. The Kier molecular flexibility index (Phi) is 5.16. The van der Waals surface area contributed by atoms with Gasteiger partial charge in [0.2, 0.25) is 0 Å². The third-order valence-electron chi connectivity index (χ3n) is 3.49. The predicted molar refractivity (Wildman–Crippen MR) is 94.8 cm³/mol. The monoisotopic (exact) mass is 340 g/mol. The lowest BCUT2D eigenvalue weighted by molar-refractivity contribution is 0.614. The van der Waals surface area contributed by atoms with Gasteiger partial charge in [-0.2, -0.15) is 0 Å². The number of benzene rings is 3. The van der Waals surface area contributed by atoms with Crippen molar-refractivity contribution in [1.82, 2.24) is 0 Å². The SMILES string of the molecule is O=[SH](=O)c1ccc(Sc2ccccc2Cc2ccccc2)cc1. The van der Waals surface area contributed by atoms with Crippen molar-refractivity contribution in [1.29, 1.82) is 0 Å². The lowest BCUT2D eigenvalue weighted by Crippen LogP contribution is -1.90. The summed E-state index contributed by atoms with van der Waals surface area (Å²) in [5.74, 6) is 0. The van der Waals surface area contributed by atoms with Crippen molar-refractivity contribution in [3.8, 4) is 0 Å². The molecular formula is C19H16O2S2. The molecule has 0 N–H and O–H groups in total. The Bertz CT molecular complexity index is 846. The van der Waals surface area contributed by atoms with Crippen LogP contribution in [0.15, 0.2) is 93.5 Å². The van der Waals surface area contributed by atoms with Gasteiger partial charge in [-0.15, -0.1) is 0 Å². The maximum absolute atomic E-state index is 11.0. The van der Waals surface area contributed by atoms with E-state index in [4.69, 9.17) is 0 Å². The van der Waals surface area contributed by atoms with Crippen LogP contribution < -0.4 is 0 Å². The minimum absolute atomic E-state index is 0.349. The maximum Gasteiger partial charge on any atom is 0.168 e. The fourth-order valence-corrected chi connectivity index (χ4v) is 3.66. The largest absolute Gasteiger partial charge is 0.227 e. The van der Waals surface area contributed by atoms with Crippen LogP contribution in [0.1, 0.15) is 11.1 Å². The lowest BCUT2D eigenvalue weighted by atomic mass is 10.1. The summed E-state index contributed by atoms with van der Waals surface area (Å²) in [6.07, 6.45) is 0.883. The highest BCUT2D eigenvalue weighted by molar-refractivity contribution is 7.99. The topological polar surface area (TPSA) is 34.1 Å². The average molecular weight is 340 g/mol. The second kappa shape index (κ2) is 7.49. The molecule has 0 radical (unpaired) electrons. The van der Waals surface area contributed by atoms with Gasteiger partial charge in [-0.25, -0.2) is 8.42 Å². The smallest absolute Gasteiger partial charge is 0.168 e. The summed E-state index contributed by atoms with van der Waals surface area (Å²) >= 11 is 1.66. The van der Waals surface area contributed by atoms with Crippen molar-refractivity contribution in [2.45, 2.75) is 21.1 Å². The van der Waals surface area contributed by atoms with Crippen LogP contribution in [-0.2, 0) is 17.1 Å². The van der Waals surface area contributed by atoms with E-state index >= 15 is 0 Å². The highest BCUT2D eigenvalue weighted by Gasteiger charge is 2.05.